The molecule has 0 spiro atoms. The molecular weight excluding hydrogens is 375 g/mol. The van der Waals surface area contributed by atoms with Gasteiger partial charge in [0.1, 0.15) is 5.82 Å². The number of fused-ring (bicyclic) bond motifs is 1. The Balaban J connectivity index is 1.62. The smallest absolute Gasteiger partial charge is 0.163 e. The van der Waals surface area contributed by atoms with Crippen LogP contribution in [0, 0.1) is 12.7 Å². The van der Waals surface area contributed by atoms with Crippen LogP contribution in [-0.2, 0) is 4.79 Å². The van der Waals surface area contributed by atoms with Gasteiger partial charge >= 0.3 is 0 Å². The highest BCUT2D eigenvalue weighted by molar-refractivity contribution is 6.01. The third-order valence-electron chi connectivity index (χ3n) is 6.03. The van der Waals surface area contributed by atoms with Crippen molar-refractivity contribution in [3.63, 3.8) is 0 Å². The standard InChI is InChI=1S/C26H23FN2O/c1-16-7-12-21-22(13-16)29-26(18-8-10-20(27)11-9-18)25-23(28-21)14-19(15-24(25)30)17-5-3-2-4-6-17/h2-13,19,26,28-29H,14-15H2,1H3. The molecule has 3 aromatic rings. The lowest BCUT2D eigenvalue weighted by molar-refractivity contribution is -0.116. The van der Waals surface area contributed by atoms with Gasteiger partial charge in [-0.15, -0.1) is 0 Å². The van der Waals surface area contributed by atoms with Crippen molar-refractivity contribution < 1.29 is 9.18 Å². The van der Waals surface area contributed by atoms with Gasteiger partial charge in [0.25, 0.3) is 0 Å². The second kappa shape index (κ2) is 7.45. The molecule has 1 heterocycles. The fourth-order valence-corrected chi connectivity index (χ4v) is 4.53. The van der Waals surface area contributed by atoms with E-state index in [-0.39, 0.29) is 23.6 Å². The number of carbonyl (C=O) groups is 1. The minimum atomic E-state index is -0.319. The Morgan fingerprint density at radius 1 is 0.867 bits per heavy atom. The number of nitrogens with one attached hydrogen (secondary N) is 2. The summed E-state index contributed by atoms with van der Waals surface area (Å²) in [6.45, 7) is 2.05. The van der Waals surface area contributed by atoms with Gasteiger partial charge in [0, 0.05) is 17.7 Å². The van der Waals surface area contributed by atoms with Crippen LogP contribution in [0.25, 0.3) is 0 Å². The number of aryl methyl sites for hydroxylation is 1. The lowest BCUT2D eigenvalue weighted by Crippen LogP contribution is -2.26. The molecule has 1 aliphatic carbocycles. The van der Waals surface area contributed by atoms with Gasteiger partial charge < -0.3 is 10.6 Å². The van der Waals surface area contributed by atoms with Gasteiger partial charge in [-0.25, -0.2) is 4.39 Å². The van der Waals surface area contributed by atoms with Crippen molar-refractivity contribution >= 4 is 17.2 Å². The maximum absolute atomic E-state index is 13.6. The first-order valence-electron chi connectivity index (χ1n) is 10.3. The Bertz CT molecular complexity index is 1140. The number of halogens is 1. The number of rotatable bonds is 2. The molecule has 0 fully saturated rings. The van der Waals surface area contributed by atoms with Gasteiger partial charge in [-0.3, -0.25) is 4.79 Å². The highest BCUT2D eigenvalue weighted by Gasteiger charge is 2.36. The molecule has 0 radical (unpaired) electrons. The molecular formula is C26H23FN2O. The van der Waals surface area contributed by atoms with Crippen LogP contribution in [0.5, 0.6) is 0 Å². The summed E-state index contributed by atoms with van der Waals surface area (Å²) in [6, 6.07) is 22.5. The van der Waals surface area contributed by atoms with Gasteiger partial charge in [-0.1, -0.05) is 48.5 Å². The molecule has 3 aromatic carbocycles. The molecule has 2 aliphatic rings. The zero-order valence-corrected chi connectivity index (χ0v) is 16.8. The molecule has 3 nitrogen and oxygen atoms in total. The van der Waals surface area contributed by atoms with Crippen LogP contribution in [-0.4, -0.2) is 5.78 Å². The van der Waals surface area contributed by atoms with Gasteiger partial charge in [0.2, 0.25) is 0 Å². The molecule has 4 heteroatoms. The van der Waals surface area contributed by atoms with E-state index in [1.807, 2.05) is 31.2 Å². The second-order valence-corrected chi connectivity index (χ2v) is 8.13. The third-order valence-corrected chi connectivity index (χ3v) is 6.03. The van der Waals surface area contributed by atoms with E-state index in [9.17, 15) is 9.18 Å². The van der Waals surface area contributed by atoms with Gasteiger partial charge in [-0.05, 0) is 60.2 Å². The zero-order valence-electron chi connectivity index (χ0n) is 16.8. The van der Waals surface area contributed by atoms with Crippen LogP contribution in [0.3, 0.4) is 0 Å². The first kappa shape index (κ1) is 18.6. The van der Waals surface area contributed by atoms with Crippen LogP contribution in [0.1, 0.15) is 41.5 Å². The summed E-state index contributed by atoms with van der Waals surface area (Å²) in [5.41, 5.74) is 6.80. The van der Waals surface area contributed by atoms with E-state index in [1.54, 1.807) is 12.1 Å². The predicted octanol–water partition coefficient (Wildman–Crippen LogP) is 6.11. The Hall–Kier alpha value is -3.40. The Morgan fingerprint density at radius 3 is 2.40 bits per heavy atom. The van der Waals surface area contributed by atoms with E-state index in [4.69, 9.17) is 0 Å². The van der Waals surface area contributed by atoms with Crippen LogP contribution in [0.4, 0.5) is 15.8 Å². The summed E-state index contributed by atoms with van der Waals surface area (Å²) in [7, 11) is 0. The SMILES string of the molecule is Cc1ccc2c(c1)NC(c1ccc(F)cc1)C1=C(CC(c3ccccc3)CC1=O)N2. The van der Waals surface area contributed by atoms with Crippen molar-refractivity contribution in [3.8, 4) is 0 Å². The number of hydrogen-bond donors (Lipinski definition) is 2. The van der Waals surface area contributed by atoms with Crippen LogP contribution in [0.15, 0.2) is 84.1 Å². The maximum atomic E-state index is 13.6. The molecule has 30 heavy (non-hydrogen) atoms. The van der Waals surface area contributed by atoms with E-state index < -0.39 is 0 Å². The van der Waals surface area contributed by atoms with E-state index in [2.05, 4.69) is 34.9 Å². The fraction of sp³-hybridized carbons (Fsp3) is 0.192. The van der Waals surface area contributed by atoms with Crippen molar-refractivity contribution in [3.05, 3.63) is 107 Å². The predicted molar refractivity (Wildman–Crippen MR) is 118 cm³/mol. The molecule has 0 amide bonds. The molecule has 2 unspecified atom stereocenters. The van der Waals surface area contributed by atoms with Crippen molar-refractivity contribution in [2.75, 3.05) is 10.6 Å². The van der Waals surface area contributed by atoms with E-state index in [0.717, 1.165) is 40.2 Å². The van der Waals surface area contributed by atoms with Crippen molar-refractivity contribution in [2.24, 2.45) is 0 Å². The number of carbonyl (C=O) groups excluding carboxylic acids is 1. The number of ketones is 1. The Labute approximate surface area is 175 Å². The van der Waals surface area contributed by atoms with Gasteiger partial charge in [-0.2, -0.15) is 0 Å². The lowest BCUT2D eigenvalue weighted by Gasteiger charge is -2.30. The minimum Gasteiger partial charge on any atom is -0.372 e. The summed E-state index contributed by atoms with van der Waals surface area (Å²) in [4.78, 5) is 13.4. The average molecular weight is 398 g/mol. The number of benzene rings is 3. The highest BCUT2D eigenvalue weighted by Crippen LogP contribution is 2.44. The molecule has 2 atom stereocenters. The molecule has 0 saturated heterocycles. The quantitative estimate of drug-likeness (QED) is 0.547. The molecule has 5 rings (SSSR count). The van der Waals surface area contributed by atoms with Gasteiger partial charge in [0.15, 0.2) is 5.78 Å². The number of Topliss-reactive ketones (excluding diaryl/α,β-unsaturated/α-hetero) is 1. The Morgan fingerprint density at radius 2 is 1.63 bits per heavy atom. The number of anilines is 2. The molecule has 2 N–H and O–H groups in total. The summed E-state index contributed by atoms with van der Waals surface area (Å²) < 4.78 is 13.6. The first-order valence-corrected chi connectivity index (χ1v) is 10.3. The van der Waals surface area contributed by atoms with Crippen molar-refractivity contribution in [2.45, 2.75) is 31.7 Å². The lowest BCUT2D eigenvalue weighted by atomic mass is 9.78. The third kappa shape index (κ3) is 3.39. The van der Waals surface area contributed by atoms with E-state index in [0.29, 0.717) is 6.42 Å². The summed E-state index contributed by atoms with van der Waals surface area (Å²) in [5.74, 6) is -0.00942. The minimum absolute atomic E-state index is 0.129. The average Bonchev–Trinajstić information content (AvgIpc) is 2.91. The van der Waals surface area contributed by atoms with Crippen LogP contribution in [0.2, 0.25) is 0 Å². The molecule has 1 aliphatic heterocycles. The molecule has 0 bridgehead atoms. The fourth-order valence-electron chi connectivity index (χ4n) is 4.53. The monoisotopic (exact) mass is 398 g/mol. The Kier molecular flexibility index (Phi) is 4.62. The van der Waals surface area contributed by atoms with E-state index >= 15 is 0 Å². The number of allylic oxidation sites excluding steroid dienone is 1. The van der Waals surface area contributed by atoms with Crippen molar-refractivity contribution in [1.29, 1.82) is 0 Å². The largest absolute Gasteiger partial charge is 0.372 e. The molecule has 0 aromatic heterocycles. The highest BCUT2D eigenvalue weighted by atomic mass is 19.1. The van der Waals surface area contributed by atoms with Crippen molar-refractivity contribution in [1.82, 2.24) is 0 Å². The summed E-state index contributed by atoms with van der Waals surface area (Å²) in [6.07, 6.45) is 1.23. The summed E-state index contributed by atoms with van der Waals surface area (Å²) in [5, 5.41) is 7.11. The van der Waals surface area contributed by atoms with E-state index in [1.165, 1.54) is 17.7 Å². The second-order valence-electron chi connectivity index (χ2n) is 8.13. The topological polar surface area (TPSA) is 41.1 Å². The van der Waals surface area contributed by atoms with Crippen LogP contribution < -0.4 is 10.6 Å². The molecule has 150 valence electrons. The first-order chi connectivity index (χ1) is 14.6. The van der Waals surface area contributed by atoms with Gasteiger partial charge in [0.05, 0.1) is 17.4 Å². The molecule has 0 saturated carbocycles. The van der Waals surface area contributed by atoms with Crippen LogP contribution >= 0.6 is 0 Å². The summed E-state index contributed by atoms with van der Waals surface area (Å²) >= 11 is 0. The normalized spacial score (nSPS) is 20.5. The zero-order chi connectivity index (χ0) is 20.7. The number of hydrogen-bond acceptors (Lipinski definition) is 3. The maximum Gasteiger partial charge on any atom is 0.163 e.